The SMILES string of the molecule is COc1ccccc1CCN(CCNS(=O)(=O)N(C)C)S(C)(=O)=O. The third-order valence-corrected chi connectivity index (χ3v) is 6.25. The average Bonchev–Trinajstić information content (AvgIpc) is 2.49. The highest BCUT2D eigenvalue weighted by Gasteiger charge is 2.19. The quantitative estimate of drug-likeness (QED) is 0.612. The van der Waals surface area contributed by atoms with Gasteiger partial charge < -0.3 is 4.74 Å². The summed E-state index contributed by atoms with van der Waals surface area (Å²) in [4.78, 5) is 0. The predicted molar refractivity (Wildman–Crippen MR) is 93.7 cm³/mol. The summed E-state index contributed by atoms with van der Waals surface area (Å²) in [5.41, 5.74) is 0.891. The Hall–Kier alpha value is -1.20. The summed E-state index contributed by atoms with van der Waals surface area (Å²) in [6, 6.07) is 7.37. The van der Waals surface area contributed by atoms with Crippen LogP contribution >= 0.6 is 0 Å². The van der Waals surface area contributed by atoms with Crippen LogP contribution < -0.4 is 9.46 Å². The Morgan fingerprint density at radius 1 is 1.08 bits per heavy atom. The highest BCUT2D eigenvalue weighted by Crippen LogP contribution is 2.18. The number of nitrogens with one attached hydrogen (secondary N) is 1. The van der Waals surface area contributed by atoms with Crippen LogP contribution in [-0.4, -0.2) is 72.5 Å². The molecule has 0 fully saturated rings. The third-order valence-electron chi connectivity index (χ3n) is 3.42. The summed E-state index contributed by atoms with van der Waals surface area (Å²) >= 11 is 0. The second kappa shape index (κ2) is 8.77. The van der Waals surface area contributed by atoms with Gasteiger partial charge in [0.2, 0.25) is 10.0 Å². The molecule has 0 radical (unpaired) electrons. The van der Waals surface area contributed by atoms with Crippen LogP contribution in [0, 0.1) is 0 Å². The molecule has 0 unspecified atom stereocenters. The molecule has 0 aliphatic carbocycles. The maximum absolute atomic E-state index is 11.9. The van der Waals surface area contributed by atoms with E-state index in [1.807, 2.05) is 24.3 Å². The van der Waals surface area contributed by atoms with Gasteiger partial charge in [0.15, 0.2) is 0 Å². The molecule has 1 N–H and O–H groups in total. The van der Waals surface area contributed by atoms with Gasteiger partial charge in [0.25, 0.3) is 10.2 Å². The lowest BCUT2D eigenvalue weighted by Crippen LogP contribution is -2.42. The topological polar surface area (TPSA) is 96.0 Å². The molecule has 0 aliphatic rings. The van der Waals surface area contributed by atoms with Gasteiger partial charge in [0, 0.05) is 33.7 Å². The van der Waals surface area contributed by atoms with Crippen LogP contribution in [-0.2, 0) is 26.7 Å². The highest BCUT2D eigenvalue weighted by atomic mass is 32.2. The minimum Gasteiger partial charge on any atom is -0.496 e. The molecule has 0 spiro atoms. The number of methoxy groups -OCH3 is 1. The van der Waals surface area contributed by atoms with Crippen LogP contribution in [0.2, 0.25) is 0 Å². The van der Waals surface area contributed by atoms with Crippen molar-refractivity contribution in [1.29, 1.82) is 0 Å². The lowest BCUT2D eigenvalue weighted by Gasteiger charge is -2.21. The Balaban J connectivity index is 2.71. The van der Waals surface area contributed by atoms with Crippen molar-refractivity contribution in [2.45, 2.75) is 6.42 Å². The molecule has 10 heteroatoms. The van der Waals surface area contributed by atoms with Crippen molar-refractivity contribution in [3.05, 3.63) is 29.8 Å². The second-order valence-electron chi connectivity index (χ2n) is 5.41. The summed E-state index contributed by atoms with van der Waals surface area (Å²) in [5, 5.41) is 0. The van der Waals surface area contributed by atoms with Gasteiger partial charge in [-0.25, -0.2) is 17.4 Å². The van der Waals surface area contributed by atoms with E-state index in [0.717, 1.165) is 16.1 Å². The van der Waals surface area contributed by atoms with Crippen molar-refractivity contribution < 1.29 is 21.6 Å². The Kier molecular flexibility index (Phi) is 7.61. The Morgan fingerprint density at radius 3 is 2.25 bits per heavy atom. The number of benzene rings is 1. The minimum absolute atomic E-state index is 0.000488. The number of hydrogen-bond donors (Lipinski definition) is 1. The third kappa shape index (κ3) is 6.36. The average molecular weight is 380 g/mol. The van der Waals surface area contributed by atoms with E-state index in [9.17, 15) is 16.8 Å². The second-order valence-corrected chi connectivity index (χ2v) is 9.36. The van der Waals surface area contributed by atoms with E-state index in [-0.39, 0.29) is 19.6 Å². The molecule has 1 aromatic rings. The molecule has 1 aromatic carbocycles. The van der Waals surface area contributed by atoms with Gasteiger partial charge in [-0.1, -0.05) is 18.2 Å². The van der Waals surface area contributed by atoms with Crippen LogP contribution in [0.4, 0.5) is 0 Å². The first-order chi connectivity index (χ1) is 11.1. The number of para-hydroxylation sites is 1. The van der Waals surface area contributed by atoms with Crippen molar-refractivity contribution in [2.24, 2.45) is 0 Å². The molecule has 24 heavy (non-hydrogen) atoms. The smallest absolute Gasteiger partial charge is 0.278 e. The number of rotatable bonds is 10. The monoisotopic (exact) mass is 379 g/mol. The van der Waals surface area contributed by atoms with Gasteiger partial charge >= 0.3 is 0 Å². The molecule has 8 nitrogen and oxygen atoms in total. The summed E-state index contributed by atoms with van der Waals surface area (Å²) in [5.74, 6) is 0.694. The standard InChI is InChI=1S/C14H25N3O5S2/c1-16(2)24(20,21)15-10-12-17(23(4,18)19)11-9-13-7-5-6-8-14(13)22-3/h5-8,15H,9-12H2,1-4H3. The first-order valence-electron chi connectivity index (χ1n) is 7.32. The fourth-order valence-electron chi connectivity index (χ4n) is 2.03. The van der Waals surface area contributed by atoms with E-state index in [2.05, 4.69) is 4.72 Å². The number of ether oxygens (including phenoxy) is 1. The van der Waals surface area contributed by atoms with Gasteiger partial charge in [-0.3, -0.25) is 0 Å². The molecule has 0 bridgehead atoms. The zero-order chi connectivity index (χ0) is 18.4. The molecular formula is C14H25N3O5S2. The van der Waals surface area contributed by atoms with Gasteiger partial charge in [-0.05, 0) is 18.1 Å². The van der Waals surface area contributed by atoms with E-state index in [1.54, 1.807) is 7.11 Å². The molecule has 0 amide bonds. The number of sulfonamides is 1. The Labute approximate surface area is 144 Å². The first kappa shape index (κ1) is 20.8. The Morgan fingerprint density at radius 2 is 1.71 bits per heavy atom. The van der Waals surface area contributed by atoms with E-state index in [4.69, 9.17) is 4.74 Å². The zero-order valence-corrected chi connectivity index (χ0v) is 16.0. The van der Waals surface area contributed by atoms with Crippen LogP contribution in [0.3, 0.4) is 0 Å². The summed E-state index contributed by atoms with van der Waals surface area (Å²) < 4.78 is 57.0. The molecule has 0 saturated heterocycles. The largest absolute Gasteiger partial charge is 0.496 e. The molecule has 0 heterocycles. The molecule has 0 aliphatic heterocycles. The lowest BCUT2D eigenvalue weighted by atomic mass is 10.1. The molecule has 0 saturated carbocycles. The Bertz CT molecular complexity index is 733. The van der Waals surface area contributed by atoms with Crippen molar-refractivity contribution in [1.82, 2.24) is 13.3 Å². The highest BCUT2D eigenvalue weighted by molar-refractivity contribution is 7.88. The van der Waals surface area contributed by atoms with Crippen LogP contribution in [0.1, 0.15) is 5.56 Å². The maximum Gasteiger partial charge on any atom is 0.278 e. The van der Waals surface area contributed by atoms with Crippen molar-refractivity contribution in [2.75, 3.05) is 47.1 Å². The van der Waals surface area contributed by atoms with Crippen molar-refractivity contribution >= 4 is 20.2 Å². The minimum atomic E-state index is -3.58. The molecular weight excluding hydrogens is 354 g/mol. The van der Waals surface area contributed by atoms with E-state index >= 15 is 0 Å². The van der Waals surface area contributed by atoms with Gasteiger partial charge in [-0.2, -0.15) is 12.7 Å². The zero-order valence-electron chi connectivity index (χ0n) is 14.4. The predicted octanol–water partition coefficient (Wildman–Crippen LogP) is -0.105. The van der Waals surface area contributed by atoms with Crippen molar-refractivity contribution in [3.63, 3.8) is 0 Å². The molecule has 0 aromatic heterocycles. The van der Waals surface area contributed by atoms with E-state index < -0.39 is 20.2 Å². The fourth-order valence-corrected chi connectivity index (χ4v) is 3.48. The van der Waals surface area contributed by atoms with E-state index in [0.29, 0.717) is 12.2 Å². The first-order valence-corrected chi connectivity index (χ1v) is 10.6. The fraction of sp³-hybridized carbons (Fsp3) is 0.571. The summed E-state index contributed by atoms with van der Waals surface area (Å²) in [6.45, 7) is 0.295. The molecule has 0 atom stereocenters. The number of nitrogens with zero attached hydrogens (tertiary/aromatic N) is 2. The van der Waals surface area contributed by atoms with E-state index in [1.165, 1.54) is 18.4 Å². The molecule has 138 valence electrons. The van der Waals surface area contributed by atoms with Crippen molar-refractivity contribution in [3.8, 4) is 5.75 Å². The normalized spacial score (nSPS) is 12.8. The summed E-state index contributed by atoms with van der Waals surface area (Å²) in [7, 11) is -2.66. The van der Waals surface area contributed by atoms with Gasteiger partial charge in [0.1, 0.15) is 5.75 Å². The molecule has 1 rings (SSSR count). The van der Waals surface area contributed by atoms with Crippen LogP contribution in [0.25, 0.3) is 0 Å². The lowest BCUT2D eigenvalue weighted by molar-refractivity contribution is 0.396. The summed E-state index contributed by atoms with van der Waals surface area (Å²) in [6.07, 6.45) is 1.58. The van der Waals surface area contributed by atoms with Gasteiger partial charge in [0.05, 0.1) is 13.4 Å². The maximum atomic E-state index is 11.9. The number of hydrogen-bond acceptors (Lipinski definition) is 5. The van der Waals surface area contributed by atoms with Crippen LogP contribution in [0.15, 0.2) is 24.3 Å². The van der Waals surface area contributed by atoms with Gasteiger partial charge in [-0.15, -0.1) is 0 Å². The van der Waals surface area contributed by atoms with Crippen LogP contribution in [0.5, 0.6) is 5.75 Å².